The Hall–Kier alpha value is -0.850. The third-order valence-electron chi connectivity index (χ3n) is 3.12. The molecule has 0 atom stereocenters. The van der Waals surface area contributed by atoms with Gasteiger partial charge in [0.2, 0.25) is 0 Å². The number of aromatic nitrogens is 2. The summed E-state index contributed by atoms with van der Waals surface area (Å²) >= 11 is 2.99. The summed E-state index contributed by atoms with van der Waals surface area (Å²) in [6.45, 7) is 10.0. The van der Waals surface area contributed by atoms with Crippen molar-refractivity contribution in [1.29, 1.82) is 0 Å². The summed E-state index contributed by atoms with van der Waals surface area (Å²) in [5.74, 6) is 0.508. The SMILES string of the molecule is CCn1c(SCC(C)(C)O)nc2sc(C)c(C)c2c1=O. The van der Waals surface area contributed by atoms with Crippen molar-refractivity contribution in [3.63, 3.8) is 0 Å². The summed E-state index contributed by atoms with van der Waals surface area (Å²) in [5, 5.41) is 11.3. The van der Waals surface area contributed by atoms with E-state index < -0.39 is 5.60 Å². The molecule has 0 aromatic carbocycles. The highest BCUT2D eigenvalue weighted by molar-refractivity contribution is 7.99. The molecule has 0 fully saturated rings. The van der Waals surface area contributed by atoms with Crippen LogP contribution in [0.2, 0.25) is 0 Å². The van der Waals surface area contributed by atoms with Crippen LogP contribution in [0.4, 0.5) is 0 Å². The molecule has 2 aromatic heterocycles. The topological polar surface area (TPSA) is 55.1 Å². The first-order valence-corrected chi connectivity index (χ1v) is 8.40. The van der Waals surface area contributed by atoms with Crippen molar-refractivity contribution in [3.8, 4) is 0 Å². The molecule has 1 N–H and O–H groups in total. The smallest absolute Gasteiger partial charge is 0.263 e. The van der Waals surface area contributed by atoms with Gasteiger partial charge in [0.25, 0.3) is 5.56 Å². The van der Waals surface area contributed by atoms with Crippen LogP contribution < -0.4 is 5.56 Å². The fraction of sp³-hybridized carbons (Fsp3) is 0.571. The molecule has 0 aliphatic carbocycles. The van der Waals surface area contributed by atoms with Gasteiger partial charge in [-0.25, -0.2) is 4.98 Å². The lowest BCUT2D eigenvalue weighted by molar-refractivity contribution is 0.107. The summed E-state index contributed by atoms with van der Waals surface area (Å²) in [7, 11) is 0. The molecular formula is C14H20N2O2S2. The predicted molar refractivity (Wildman–Crippen MR) is 86.0 cm³/mol. The molecule has 0 unspecified atom stereocenters. The number of fused-ring (bicyclic) bond motifs is 1. The highest BCUT2D eigenvalue weighted by atomic mass is 32.2. The Labute approximate surface area is 126 Å². The Morgan fingerprint density at radius 1 is 1.40 bits per heavy atom. The second-order valence-electron chi connectivity index (χ2n) is 5.51. The van der Waals surface area contributed by atoms with Gasteiger partial charge in [0.05, 0.1) is 11.0 Å². The number of nitrogens with zero attached hydrogens (tertiary/aromatic N) is 2. The van der Waals surface area contributed by atoms with Gasteiger partial charge in [0.1, 0.15) is 4.83 Å². The first-order chi connectivity index (χ1) is 9.24. The lowest BCUT2D eigenvalue weighted by Gasteiger charge is -2.17. The van der Waals surface area contributed by atoms with Crippen LogP contribution in [0.15, 0.2) is 9.95 Å². The zero-order valence-corrected chi connectivity index (χ0v) is 14.1. The van der Waals surface area contributed by atoms with Crippen molar-refractivity contribution in [2.45, 2.75) is 51.9 Å². The molecule has 110 valence electrons. The van der Waals surface area contributed by atoms with Crippen LogP contribution in [0.5, 0.6) is 0 Å². The number of hydrogen-bond acceptors (Lipinski definition) is 5. The molecule has 2 rings (SSSR count). The molecule has 0 radical (unpaired) electrons. The molecule has 0 aliphatic rings. The number of thiophene rings is 1. The van der Waals surface area contributed by atoms with E-state index in [1.807, 2.05) is 20.8 Å². The van der Waals surface area contributed by atoms with Crippen LogP contribution in [0.3, 0.4) is 0 Å². The Bertz CT molecular complexity index is 696. The van der Waals surface area contributed by atoms with Crippen LogP contribution in [0.1, 0.15) is 31.2 Å². The van der Waals surface area contributed by atoms with E-state index in [2.05, 4.69) is 4.98 Å². The summed E-state index contributed by atoms with van der Waals surface area (Å²) in [4.78, 5) is 19.2. The fourth-order valence-corrected chi connectivity index (χ4v) is 4.02. The highest BCUT2D eigenvalue weighted by Gasteiger charge is 2.19. The number of aliphatic hydroxyl groups is 1. The number of aryl methyl sites for hydroxylation is 2. The number of hydrogen-bond donors (Lipinski definition) is 1. The van der Waals surface area contributed by atoms with Crippen molar-refractivity contribution < 1.29 is 5.11 Å². The van der Waals surface area contributed by atoms with E-state index in [-0.39, 0.29) is 5.56 Å². The largest absolute Gasteiger partial charge is 0.390 e. The van der Waals surface area contributed by atoms with Gasteiger partial charge in [-0.2, -0.15) is 0 Å². The van der Waals surface area contributed by atoms with Crippen molar-refractivity contribution in [1.82, 2.24) is 9.55 Å². The molecule has 2 aromatic rings. The van der Waals surface area contributed by atoms with E-state index in [1.165, 1.54) is 11.8 Å². The number of thioether (sulfide) groups is 1. The Morgan fingerprint density at radius 3 is 2.60 bits per heavy atom. The predicted octanol–water partition coefficient (Wildman–Crippen LogP) is 2.96. The quantitative estimate of drug-likeness (QED) is 0.696. The van der Waals surface area contributed by atoms with E-state index in [0.29, 0.717) is 17.5 Å². The molecule has 0 saturated carbocycles. The highest BCUT2D eigenvalue weighted by Crippen LogP contribution is 2.29. The Kier molecular flexibility index (Phi) is 4.27. The summed E-state index contributed by atoms with van der Waals surface area (Å²) < 4.78 is 1.69. The fourth-order valence-electron chi connectivity index (χ4n) is 1.94. The van der Waals surface area contributed by atoms with Gasteiger partial charge >= 0.3 is 0 Å². The summed E-state index contributed by atoms with van der Waals surface area (Å²) in [6, 6.07) is 0. The maximum atomic E-state index is 12.6. The van der Waals surface area contributed by atoms with Gasteiger partial charge in [0.15, 0.2) is 5.16 Å². The van der Waals surface area contributed by atoms with Crippen molar-refractivity contribution in [2.75, 3.05) is 5.75 Å². The van der Waals surface area contributed by atoms with E-state index in [4.69, 9.17) is 0 Å². The van der Waals surface area contributed by atoms with Gasteiger partial charge in [0, 0.05) is 17.2 Å². The van der Waals surface area contributed by atoms with Crippen LogP contribution in [0.25, 0.3) is 10.2 Å². The molecule has 20 heavy (non-hydrogen) atoms. The average Bonchev–Trinajstić information content (AvgIpc) is 2.62. The normalized spacial score (nSPS) is 12.3. The second kappa shape index (κ2) is 5.50. The monoisotopic (exact) mass is 312 g/mol. The minimum absolute atomic E-state index is 0.0256. The first kappa shape index (κ1) is 15.5. The Morgan fingerprint density at radius 2 is 2.05 bits per heavy atom. The second-order valence-corrected chi connectivity index (χ2v) is 7.65. The molecule has 0 aliphatic heterocycles. The summed E-state index contributed by atoms with van der Waals surface area (Å²) in [6.07, 6.45) is 0. The Balaban J connectivity index is 2.58. The van der Waals surface area contributed by atoms with Crippen LogP contribution in [-0.4, -0.2) is 26.0 Å². The standard InChI is InChI=1S/C14H20N2O2S2/c1-6-16-12(17)10-8(2)9(3)20-11(10)15-13(16)19-7-14(4,5)18/h18H,6-7H2,1-5H3. The molecule has 2 heterocycles. The molecule has 4 nitrogen and oxygen atoms in total. The third kappa shape index (κ3) is 2.92. The van der Waals surface area contributed by atoms with Gasteiger partial charge in [-0.15, -0.1) is 11.3 Å². The minimum Gasteiger partial charge on any atom is -0.390 e. The zero-order valence-electron chi connectivity index (χ0n) is 12.5. The van der Waals surface area contributed by atoms with Crippen LogP contribution >= 0.6 is 23.1 Å². The third-order valence-corrected chi connectivity index (χ3v) is 5.65. The van der Waals surface area contributed by atoms with E-state index >= 15 is 0 Å². The molecular weight excluding hydrogens is 292 g/mol. The van der Waals surface area contributed by atoms with Gasteiger partial charge in [-0.1, -0.05) is 11.8 Å². The summed E-state index contributed by atoms with van der Waals surface area (Å²) in [5.41, 5.74) is 0.276. The van der Waals surface area contributed by atoms with Gasteiger partial charge in [-0.3, -0.25) is 9.36 Å². The van der Waals surface area contributed by atoms with E-state index in [1.54, 1.807) is 29.8 Å². The zero-order chi connectivity index (χ0) is 15.1. The maximum absolute atomic E-state index is 12.6. The van der Waals surface area contributed by atoms with E-state index in [0.717, 1.165) is 20.7 Å². The van der Waals surface area contributed by atoms with Gasteiger partial charge in [-0.05, 0) is 40.2 Å². The molecule has 6 heteroatoms. The van der Waals surface area contributed by atoms with Crippen LogP contribution in [0, 0.1) is 13.8 Å². The number of rotatable bonds is 4. The molecule has 0 spiro atoms. The first-order valence-electron chi connectivity index (χ1n) is 6.60. The average molecular weight is 312 g/mol. The molecule has 0 amide bonds. The minimum atomic E-state index is -0.781. The lowest BCUT2D eigenvalue weighted by atomic mass is 10.2. The van der Waals surface area contributed by atoms with Crippen LogP contribution in [-0.2, 0) is 6.54 Å². The molecule has 0 bridgehead atoms. The molecule has 0 saturated heterocycles. The van der Waals surface area contributed by atoms with Crippen molar-refractivity contribution >= 4 is 33.3 Å². The van der Waals surface area contributed by atoms with Gasteiger partial charge < -0.3 is 5.11 Å². The maximum Gasteiger partial charge on any atom is 0.263 e. The lowest BCUT2D eigenvalue weighted by Crippen LogP contribution is -2.25. The van der Waals surface area contributed by atoms with Crippen molar-refractivity contribution in [2.24, 2.45) is 0 Å². The van der Waals surface area contributed by atoms with E-state index in [9.17, 15) is 9.90 Å². The van der Waals surface area contributed by atoms with Crippen molar-refractivity contribution in [3.05, 3.63) is 20.8 Å².